The zero-order valence-corrected chi connectivity index (χ0v) is 15.4. The summed E-state index contributed by atoms with van der Waals surface area (Å²) in [4.78, 5) is 28.6. The second-order valence-electron chi connectivity index (χ2n) is 5.80. The summed E-state index contributed by atoms with van der Waals surface area (Å²) in [7, 11) is 2.98. The monoisotopic (exact) mass is 377 g/mol. The lowest BCUT2D eigenvalue weighted by Gasteiger charge is -2.09. The van der Waals surface area contributed by atoms with Gasteiger partial charge in [0, 0.05) is 34.9 Å². The van der Waals surface area contributed by atoms with Gasteiger partial charge in [-0.05, 0) is 24.3 Å². The molecule has 0 aliphatic carbocycles. The lowest BCUT2D eigenvalue weighted by Crippen LogP contribution is -2.40. The molecule has 7 nitrogen and oxygen atoms in total. The standard InChI is InChI=1S/C21H19N3O4/c1-27-17-11-16(12-18(13-17)28-2)21(26)24-23-19(25)9-8-15-6-3-5-14-7-4-10-22-20(14)15/h3-13H,1-2H3,(H,23,25)(H,24,26)/b9-8+. The van der Waals surface area contributed by atoms with Crippen LogP contribution in [0.1, 0.15) is 15.9 Å². The van der Waals surface area contributed by atoms with Crippen LogP contribution >= 0.6 is 0 Å². The van der Waals surface area contributed by atoms with Crippen molar-refractivity contribution in [2.24, 2.45) is 0 Å². The zero-order valence-electron chi connectivity index (χ0n) is 15.4. The van der Waals surface area contributed by atoms with Gasteiger partial charge in [-0.15, -0.1) is 0 Å². The van der Waals surface area contributed by atoms with Crippen LogP contribution in [-0.4, -0.2) is 31.0 Å². The second-order valence-corrected chi connectivity index (χ2v) is 5.80. The number of amides is 2. The molecule has 2 N–H and O–H groups in total. The number of hydrazine groups is 1. The molecule has 0 radical (unpaired) electrons. The molecule has 0 spiro atoms. The maximum absolute atomic E-state index is 12.3. The number of fused-ring (bicyclic) bond motifs is 1. The van der Waals surface area contributed by atoms with Gasteiger partial charge < -0.3 is 9.47 Å². The molecule has 0 unspecified atom stereocenters. The van der Waals surface area contributed by atoms with Gasteiger partial charge in [0.25, 0.3) is 11.8 Å². The summed E-state index contributed by atoms with van der Waals surface area (Å²) in [6, 6.07) is 14.2. The number of nitrogens with zero attached hydrogens (tertiary/aromatic N) is 1. The van der Waals surface area contributed by atoms with E-state index in [1.165, 1.54) is 20.3 Å². The Morgan fingerprint density at radius 2 is 1.68 bits per heavy atom. The first kappa shape index (κ1) is 18.9. The highest BCUT2D eigenvalue weighted by Crippen LogP contribution is 2.22. The normalized spacial score (nSPS) is 10.6. The Balaban J connectivity index is 1.65. The molecule has 0 saturated heterocycles. The number of aromatic nitrogens is 1. The van der Waals surface area contributed by atoms with Crippen molar-refractivity contribution in [1.29, 1.82) is 0 Å². The van der Waals surface area contributed by atoms with Crippen LogP contribution in [0, 0.1) is 0 Å². The molecule has 2 aromatic carbocycles. The Kier molecular flexibility index (Phi) is 5.86. The third kappa shape index (κ3) is 4.45. The molecule has 1 aromatic heterocycles. The molecule has 2 amide bonds. The summed E-state index contributed by atoms with van der Waals surface area (Å²) >= 11 is 0. The van der Waals surface area contributed by atoms with E-state index in [2.05, 4.69) is 15.8 Å². The molecule has 3 rings (SSSR count). The highest BCUT2D eigenvalue weighted by atomic mass is 16.5. The molecule has 3 aromatic rings. The minimum Gasteiger partial charge on any atom is -0.497 e. The van der Waals surface area contributed by atoms with Crippen molar-refractivity contribution in [3.8, 4) is 11.5 Å². The van der Waals surface area contributed by atoms with Crippen LogP contribution in [0.4, 0.5) is 0 Å². The fourth-order valence-electron chi connectivity index (χ4n) is 2.60. The molecule has 0 aliphatic rings. The van der Waals surface area contributed by atoms with E-state index in [9.17, 15) is 9.59 Å². The lowest BCUT2D eigenvalue weighted by atomic mass is 10.1. The Bertz CT molecular complexity index is 1020. The summed E-state index contributed by atoms with van der Waals surface area (Å²) in [6.45, 7) is 0. The molecule has 0 saturated carbocycles. The zero-order chi connectivity index (χ0) is 19.9. The van der Waals surface area contributed by atoms with Crippen molar-refractivity contribution in [3.63, 3.8) is 0 Å². The van der Waals surface area contributed by atoms with Gasteiger partial charge in [-0.2, -0.15) is 0 Å². The molecule has 7 heteroatoms. The molecule has 0 aliphatic heterocycles. The number of methoxy groups -OCH3 is 2. The number of pyridine rings is 1. The van der Waals surface area contributed by atoms with Crippen molar-refractivity contribution < 1.29 is 19.1 Å². The van der Waals surface area contributed by atoms with Crippen LogP contribution in [0.3, 0.4) is 0 Å². The molecule has 0 bridgehead atoms. The van der Waals surface area contributed by atoms with Crippen molar-refractivity contribution in [3.05, 3.63) is 71.9 Å². The van der Waals surface area contributed by atoms with Gasteiger partial charge in [-0.25, -0.2) is 0 Å². The van der Waals surface area contributed by atoms with Gasteiger partial charge in [-0.1, -0.05) is 24.3 Å². The number of hydrogen-bond acceptors (Lipinski definition) is 5. The van der Waals surface area contributed by atoms with Crippen LogP contribution in [0.2, 0.25) is 0 Å². The average molecular weight is 377 g/mol. The van der Waals surface area contributed by atoms with Crippen LogP contribution < -0.4 is 20.3 Å². The number of ether oxygens (including phenoxy) is 2. The van der Waals surface area contributed by atoms with E-state index in [0.717, 1.165) is 16.5 Å². The molecule has 142 valence electrons. The van der Waals surface area contributed by atoms with E-state index in [-0.39, 0.29) is 0 Å². The number of benzene rings is 2. The quantitative estimate of drug-likeness (QED) is 0.527. The Labute approximate surface area is 162 Å². The third-order valence-electron chi connectivity index (χ3n) is 3.99. The van der Waals surface area contributed by atoms with E-state index in [0.29, 0.717) is 17.1 Å². The van der Waals surface area contributed by atoms with Gasteiger partial charge in [0.15, 0.2) is 0 Å². The average Bonchev–Trinajstić information content (AvgIpc) is 2.75. The number of rotatable bonds is 5. The van der Waals surface area contributed by atoms with E-state index in [1.807, 2.05) is 30.3 Å². The van der Waals surface area contributed by atoms with Gasteiger partial charge in [0.05, 0.1) is 19.7 Å². The number of para-hydroxylation sites is 1. The fourth-order valence-corrected chi connectivity index (χ4v) is 2.60. The maximum atomic E-state index is 12.3. The Hall–Kier alpha value is -3.87. The summed E-state index contributed by atoms with van der Waals surface area (Å²) in [5, 5.41) is 0.977. The molecule has 0 fully saturated rings. The van der Waals surface area contributed by atoms with Crippen molar-refractivity contribution in [1.82, 2.24) is 15.8 Å². The predicted octanol–water partition coefficient (Wildman–Crippen LogP) is 2.73. The Morgan fingerprint density at radius 1 is 0.964 bits per heavy atom. The summed E-state index contributed by atoms with van der Waals surface area (Å²) in [5.41, 5.74) is 6.59. The molecular weight excluding hydrogens is 358 g/mol. The van der Waals surface area contributed by atoms with Crippen molar-refractivity contribution in [2.75, 3.05) is 14.2 Å². The van der Waals surface area contributed by atoms with Crippen LogP contribution in [0.15, 0.2) is 60.8 Å². The lowest BCUT2D eigenvalue weighted by molar-refractivity contribution is -0.117. The van der Waals surface area contributed by atoms with E-state index < -0.39 is 11.8 Å². The van der Waals surface area contributed by atoms with Crippen LogP contribution in [-0.2, 0) is 4.79 Å². The van der Waals surface area contributed by atoms with Gasteiger partial charge >= 0.3 is 0 Å². The van der Waals surface area contributed by atoms with E-state index in [4.69, 9.17) is 9.47 Å². The van der Waals surface area contributed by atoms with Crippen molar-refractivity contribution >= 4 is 28.8 Å². The smallest absolute Gasteiger partial charge is 0.269 e. The number of carbonyl (C=O) groups is 2. The van der Waals surface area contributed by atoms with Gasteiger partial charge in [0.1, 0.15) is 11.5 Å². The fraction of sp³-hybridized carbons (Fsp3) is 0.0952. The maximum Gasteiger partial charge on any atom is 0.269 e. The summed E-state index contributed by atoms with van der Waals surface area (Å²) in [6.07, 6.45) is 4.67. The molecule has 28 heavy (non-hydrogen) atoms. The second kappa shape index (κ2) is 8.68. The first-order valence-electron chi connectivity index (χ1n) is 8.46. The van der Waals surface area contributed by atoms with Gasteiger partial charge in [0.2, 0.25) is 0 Å². The predicted molar refractivity (Wildman–Crippen MR) is 106 cm³/mol. The van der Waals surface area contributed by atoms with E-state index >= 15 is 0 Å². The van der Waals surface area contributed by atoms with Crippen LogP contribution in [0.25, 0.3) is 17.0 Å². The summed E-state index contributed by atoms with van der Waals surface area (Å²) < 4.78 is 10.3. The highest BCUT2D eigenvalue weighted by molar-refractivity contribution is 5.99. The van der Waals surface area contributed by atoms with Crippen LogP contribution in [0.5, 0.6) is 11.5 Å². The Morgan fingerprint density at radius 3 is 2.39 bits per heavy atom. The largest absolute Gasteiger partial charge is 0.497 e. The third-order valence-corrected chi connectivity index (χ3v) is 3.99. The summed E-state index contributed by atoms with van der Waals surface area (Å²) in [5.74, 6) is -0.0275. The number of carbonyl (C=O) groups excluding carboxylic acids is 2. The first-order valence-corrected chi connectivity index (χ1v) is 8.46. The first-order chi connectivity index (χ1) is 13.6. The number of hydrogen-bond donors (Lipinski definition) is 2. The molecular formula is C21H19N3O4. The topological polar surface area (TPSA) is 89.5 Å². The highest BCUT2D eigenvalue weighted by Gasteiger charge is 2.10. The van der Waals surface area contributed by atoms with Gasteiger partial charge in [-0.3, -0.25) is 25.4 Å². The minimum atomic E-state index is -0.495. The van der Waals surface area contributed by atoms with Crippen molar-refractivity contribution in [2.45, 2.75) is 0 Å². The minimum absolute atomic E-state index is 0.290. The number of nitrogens with one attached hydrogen (secondary N) is 2. The SMILES string of the molecule is COc1cc(OC)cc(C(=O)NNC(=O)/C=C/c2cccc3cccnc23)c1. The van der Waals surface area contributed by atoms with E-state index in [1.54, 1.807) is 30.5 Å². The molecule has 0 atom stereocenters. The molecule has 1 heterocycles.